The normalized spacial score (nSPS) is 27.3. The maximum Gasteiger partial charge on any atom is 0.490 e. The Labute approximate surface area is 207 Å². The highest BCUT2D eigenvalue weighted by Gasteiger charge is 2.61. The fourth-order valence-corrected chi connectivity index (χ4v) is 5.52. The summed E-state index contributed by atoms with van der Waals surface area (Å²) in [6.07, 6.45) is -6.71. The summed E-state index contributed by atoms with van der Waals surface area (Å²) in [6.45, 7) is 0. The van der Waals surface area contributed by atoms with Crippen molar-refractivity contribution in [1.82, 2.24) is 4.90 Å². The van der Waals surface area contributed by atoms with E-state index in [1.54, 1.807) is 24.3 Å². The Bertz CT molecular complexity index is 1280. The minimum atomic E-state index is -5.11. The predicted molar refractivity (Wildman–Crippen MR) is 121 cm³/mol. The number of ether oxygens (including phenoxy) is 2. The van der Waals surface area contributed by atoms with Crippen molar-refractivity contribution >= 4 is 29.4 Å². The molecule has 1 spiro atoms. The van der Waals surface area contributed by atoms with Crippen molar-refractivity contribution in [2.75, 3.05) is 7.05 Å². The maximum atomic E-state index is 14.0. The molecule has 2 aliphatic heterocycles. The zero-order chi connectivity index (χ0) is 26.0. The number of aliphatic imine (C=N–C) groups is 1. The molecule has 0 radical (unpaired) electrons. The Balaban J connectivity index is 1.57. The van der Waals surface area contributed by atoms with Crippen LogP contribution in [0.15, 0.2) is 41.4 Å². The third-order valence-electron chi connectivity index (χ3n) is 6.92. The maximum absolute atomic E-state index is 14.0. The quantitative estimate of drug-likeness (QED) is 0.469. The molecule has 1 saturated carbocycles. The van der Waals surface area contributed by atoms with E-state index in [0.717, 1.165) is 0 Å². The second-order valence-electron chi connectivity index (χ2n) is 9.07. The second kappa shape index (κ2) is 8.36. The number of guanidine groups is 1. The standard InChI is InChI=1S/C24H20ClF4N3O4/c1-32-20(33)23(31-22(32)30)16-4-3-15(35-21(34)24(27,28)29)10-19(16)36-18-5-2-11(8-17(18)23)12-6-13(25)9-14(26)7-12/h2,5-9,15-16,19H,3-4,10H2,1H3,(H2,30,31). The summed E-state index contributed by atoms with van der Waals surface area (Å²) < 4.78 is 63.0. The number of carbonyl (C=O) groups is 2. The van der Waals surface area contributed by atoms with Crippen molar-refractivity contribution in [2.24, 2.45) is 16.6 Å². The van der Waals surface area contributed by atoms with Gasteiger partial charge in [-0.3, -0.25) is 9.69 Å². The third-order valence-corrected chi connectivity index (χ3v) is 7.13. The number of alkyl halides is 3. The number of esters is 1. The Kier molecular flexibility index (Phi) is 5.66. The molecule has 7 nitrogen and oxygen atoms in total. The molecule has 3 aliphatic rings. The van der Waals surface area contributed by atoms with Crippen molar-refractivity contribution in [3.05, 3.63) is 52.8 Å². The summed E-state index contributed by atoms with van der Waals surface area (Å²) in [7, 11) is 1.48. The number of hydrogen-bond acceptors (Lipinski definition) is 6. The lowest BCUT2D eigenvalue weighted by atomic mass is 9.66. The lowest BCUT2D eigenvalue weighted by Crippen LogP contribution is -2.55. The molecule has 0 saturated heterocycles. The molecule has 1 amide bonds. The predicted octanol–water partition coefficient (Wildman–Crippen LogP) is 4.16. The number of amides is 1. The van der Waals surface area contributed by atoms with E-state index in [0.29, 0.717) is 16.7 Å². The van der Waals surface area contributed by atoms with Gasteiger partial charge in [-0.2, -0.15) is 13.2 Å². The lowest BCUT2D eigenvalue weighted by molar-refractivity contribution is -0.208. The van der Waals surface area contributed by atoms with Crippen molar-refractivity contribution in [2.45, 2.75) is 43.2 Å². The zero-order valence-corrected chi connectivity index (χ0v) is 19.6. The first-order valence-electron chi connectivity index (χ1n) is 11.1. The van der Waals surface area contributed by atoms with E-state index in [-0.39, 0.29) is 36.0 Å². The number of fused-ring (bicyclic) bond motifs is 4. The second-order valence-corrected chi connectivity index (χ2v) is 9.51. The average Bonchev–Trinajstić information content (AvgIpc) is 3.02. The Hall–Kier alpha value is -3.34. The minimum Gasteiger partial charge on any atom is -0.489 e. The summed E-state index contributed by atoms with van der Waals surface area (Å²) in [6, 6.07) is 8.95. The average molecular weight is 526 g/mol. The van der Waals surface area contributed by atoms with Crippen LogP contribution in [-0.4, -0.2) is 48.2 Å². The molecule has 4 atom stereocenters. The van der Waals surface area contributed by atoms with Gasteiger partial charge in [-0.15, -0.1) is 0 Å². The Morgan fingerprint density at radius 2 is 1.97 bits per heavy atom. The van der Waals surface area contributed by atoms with Crippen LogP contribution >= 0.6 is 11.6 Å². The van der Waals surface area contributed by atoms with E-state index >= 15 is 0 Å². The number of hydrogen-bond donors (Lipinski definition) is 1. The van der Waals surface area contributed by atoms with Gasteiger partial charge in [0.2, 0.25) is 0 Å². The molecule has 5 rings (SSSR count). The van der Waals surface area contributed by atoms with Gasteiger partial charge < -0.3 is 15.2 Å². The van der Waals surface area contributed by atoms with E-state index < -0.39 is 47.5 Å². The third kappa shape index (κ3) is 3.85. The van der Waals surface area contributed by atoms with Crippen LogP contribution in [-0.2, 0) is 19.9 Å². The molecule has 0 aromatic heterocycles. The first-order valence-corrected chi connectivity index (χ1v) is 11.5. The molecule has 4 unspecified atom stereocenters. The summed E-state index contributed by atoms with van der Waals surface area (Å²) in [4.78, 5) is 30.8. The zero-order valence-electron chi connectivity index (χ0n) is 18.8. The molecule has 36 heavy (non-hydrogen) atoms. The van der Waals surface area contributed by atoms with Gasteiger partial charge in [-0.05, 0) is 54.3 Å². The topological polar surface area (TPSA) is 94.2 Å². The van der Waals surface area contributed by atoms with Gasteiger partial charge in [0.05, 0.1) is 0 Å². The Morgan fingerprint density at radius 1 is 1.22 bits per heavy atom. The van der Waals surface area contributed by atoms with Crippen LogP contribution in [0.2, 0.25) is 5.02 Å². The van der Waals surface area contributed by atoms with E-state index in [9.17, 15) is 27.2 Å². The summed E-state index contributed by atoms with van der Waals surface area (Å²) >= 11 is 6.02. The van der Waals surface area contributed by atoms with Crippen molar-refractivity contribution < 1.29 is 36.6 Å². The smallest absolute Gasteiger partial charge is 0.489 e. The van der Waals surface area contributed by atoms with Crippen molar-refractivity contribution in [1.29, 1.82) is 0 Å². The van der Waals surface area contributed by atoms with Gasteiger partial charge in [0.25, 0.3) is 5.91 Å². The SMILES string of the molecule is CN1C(=O)C2(N=C1N)c1cc(-c3cc(F)cc(Cl)c3)ccc1OC1CC(OC(=O)C(F)(F)F)CCC12. The molecule has 2 heterocycles. The molecule has 0 bridgehead atoms. The fourth-order valence-electron chi connectivity index (χ4n) is 5.30. The van der Waals surface area contributed by atoms with E-state index in [2.05, 4.69) is 9.73 Å². The first-order chi connectivity index (χ1) is 16.9. The first kappa shape index (κ1) is 24.4. The molecule has 2 aromatic rings. The van der Waals surface area contributed by atoms with Gasteiger partial charge in [0.1, 0.15) is 23.8 Å². The molecule has 1 fully saturated rings. The molecule has 1 aliphatic carbocycles. The minimum absolute atomic E-state index is 0.0172. The summed E-state index contributed by atoms with van der Waals surface area (Å²) in [5.74, 6) is -3.55. The summed E-state index contributed by atoms with van der Waals surface area (Å²) in [5.41, 5.74) is 5.97. The van der Waals surface area contributed by atoms with Crippen LogP contribution in [0.1, 0.15) is 24.8 Å². The van der Waals surface area contributed by atoms with E-state index in [4.69, 9.17) is 22.1 Å². The van der Waals surface area contributed by atoms with Crippen LogP contribution in [0, 0.1) is 11.7 Å². The highest BCUT2D eigenvalue weighted by molar-refractivity contribution is 6.30. The van der Waals surface area contributed by atoms with Crippen LogP contribution < -0.4 is 10.5 Å². The van der Waals surface area contributed by atoms with Crippen LogP contribution in [0.5, 0.6) is 5.75 Å². The molecule has 12 heteroatoms. The van der Waals surface area contributed by atoms with Gasteiger partial charge in [-0.25, -0.2) is 14.2 Å². The number of halogens is 5. The van der Waals surface area contributed by atoms with Gasteiger partial charge in [0.15, 0.2) is 11.5 Å². The molecule has 190 valence electrons. The summed E-state index contributed by atoms with van der Waals surface area (Å²) in [5, 5.41) is 0.194. The molecular formula is C24H20ClF4N3O4. The largest absolute Gasteiger partial charge is 0.490 e. The van der Waals surface area contributed by atoms with Crippen molar-refractivity contribution in [3.63, 3.8) is 0 Å². The van der Waals surface area contributed by atoms with Crippen LogP contribution in [0.3, 0.4) is 0 Å². The lowest BCUT2D eigenvalue weighted by Gasteiger charge is -2.47. The number of nitrogens with two attached hydrogens (primary N) is 1. The highest BCUT2D eigenvalue weighted by Crippen LogP contribution is 2.54. The molecule has 2 N–H and O–H groups in total. The monoisotopic (exact) mass is 525 g/mol. The number of carbonyl (C=O) groups excluding carboxylic acids is 2. The fraction of sp³-hybridized carbons (Fsp3) is 0.375. The number of rotatable bonds is 2. The van der Waals surface area contributed by atoms with Crippen LogP contribution in [0.25, 0.3) is 11.1 Å². The van der Waals surface area contributed by atoms with Gasteiger partial charge in [-0.1, -0.05) is 17.7 Å². The van der Waals surface area contributed by atoms with Gasteiger partial charge in [0, 0.05) is 30.0 Å². The highest BCUT2D eigenvalue weighted by atomic mass is 35.5. The number of nitrogens with zero attached hydrogens (tertiary/aromatic N) is 2. The van der Waals surface area contributed by atoms with Gasteiger partial charge >= 0.3 is 12.1 Å². The molecule has 2 aromatic carbocycles. The Morgan fingerprint density at radius 3 is 2.61 bits per heavy atom. The van der Waals surface area contributed by atoms with Crippen molar-refractivity contribution in [3.8, 4) is 16.9 Å². The van der Waals surface area contributed by atoms with E-state index in [1.165, 1.54) is 24.1 Å². The molecular weight excluding hydrogens is 506 g/mol. The number of benzene rings is 2. The van der Waals surface area contributed by atoms with E-state index in [1.807, 2.05) is 0 Å². The number of likely N-dealkylation sites (N-methyl/N-ethyl adjacent to an activating group) is 1. The van der Waals surface area contributed by atoms with Crippen LogP contribution in [0.4, 0.5) is 17.6 Å².